The van der Waals surface area contributed by atoms with E-state index >= 15 is 0 Å². The van der Waals surface area contributed by atoms with Crippen LogP contribution in [0.4, 0.5) is 11.4 Å². The van der Waals surface area contributed by atoms with Crippen molar-refractivity contribution in [2.45, 2.75) is 13.8 Å². The predicted molar refractivity (Wildman–Crippen MR) is 92.5 cm³/mol. The molecule has 0 aliphatic heterocycles. The molecule has 0 aliphatic carbocycles. The van der Waals surface area contributed by atoms with Gasteiger partial charge in [0.15, 0.2) is 6.61 Å². The number of carbonyl (C=O) groups excluding carboxylic acids is 2. The van der Waals surface area contributed by atoms with Gasteiger partial charge in [0.1, 0.15) is 11.5 Å². The predicted octanol–water partition coefficient (Wildman–Crippen LogP) is 3.06. The molecule has 0 saturated heterocycles. The Balaban J connectivity index is 1.85. The van der Waals surface area contributed by atoms with Gasteiger partial charge in [0.2, 0.25) is 5.91 Å². The maximum Gasteiger partial charge on any atom is 0.262 e. The summed E-state index contributed by atoms with van der Waals surface area (Å²) >= 11 is 0. The van der Waals surface area contributed by atoms with E-state index in [1.54, 1.807) is 48.5 Å². The van der Waals surface area contributed by atoms with Crippen LogP contribution in [-0.2, 0) is 9.59 Å². The second kappa shape index (κ2) is 8.57. The molecule has 0 aliphatic rings. The molecule has 2 aromatic rings. The Hall–Kier alpha value is -3.02. The fourth-order valence-corrected chi connectivity index (χ4v) is 2.02. The summed E-state index contributed by atoms with van der Waals surface area (Å²) in [6.45, 7) is 3.82. The molecule has 2 N–H and O–H groups in total. The van der Waals surface area contributed by atoms with Crippen molar-refractivity contribution in [2.24, 2.45) is 0 Å². The normalized spacial score (nSPS) is 9.92. The topological polar surface area (TPSA) is 76.7 Å². The third-order valence-corrected chi connectivity index (χ3v) is 2.97. The summed E-state index contributed by atoms with van der Waals surface area (Å²) < 4.78 is 10.8. The van der Waals surface area contributed by atoms with Crippen molar-refractivity contribution in [1.29, 1.82) is 0 Å². The summed E-state index contributed by atoms with van der Waals surface area (Å²) in [5, 5.41) is 5.38. The molecule has 0 fully saturated rings. The first-order valence-electron chi connectivity index (χ1n) is 7.60. The van der Waals surface area contributed by atoms with Crippen LogP contribution in [0.15, 0.2) is 48.5 Å². The third-order valence-electron chi connectivity index (χ3n) is 2.97. The zero-order valence-electron chi connectivity index (χ0n) is 13.7. The van der Waals surface area contributed by atoms with Crippen molar-refractivity contribution < 1.29 is 19.1 Å². The number of benzene rings is 2. The Morgan fingerprint density at radius 2 is 1.50 bits per heavy atom. The van der Waals surface area contributed by atoms with Gasteiger partial charge in [-0.3, -0.25) is 9.59 Å². The Labute approximate surface area is 140 Å². The van der Waals surface area contributed by atoms with Crippen molar-refractivity contribution in [3.63, 3.8) is 0 Å². The molecule has 24 heavy (non-hydrogen) atoms. The van der Waals surface area contributed by atoms with Gasteiger partial charge in [-0.1, -0.05) is 6.07 Å². The first-order chi connectivity index (χ1) is 11.6. The molecule has 2 aromatic carbocycles. The second-order valence-electron chi connectivity index (χ2n) is 5.00. The van der Waals surface area contributed by atoms with E-state index in [0.717, 1.165) is 5.75 Å². The first-order valence-corrected chi connectivity index (χ1v) is 7.60. The van der Waals surface area contributed by atoms with Gasteiger partial charge in [-0.25, -0.2) is 0 Å². The van der Waals surface area contributed by atoms with Gasteiger partial charge >= 0.3 is 0 Å². The maximum absolute atomic E-state index is 11.9. The molecule has 2 rings (SSSR count). The monoisotopic (exact) mass is 328 g/mol. The zero-order valence-corrected chi connectivity index (χ0v) is 13.7. The number of rotatable bonds is 7. The van der Waals surface area contributed by atoms with Gasteiger partial charge in [0.25, 0.3) is 5.91 Å². The van der Waals surface area contributed by atoms with Gasteiger partial charge < -0.3 is 20.1 Å². The average Bonchev–Trinajstić information content (AvgIpc) is 2.54. The summed E-state index contributed by atoms with van der Waals surface area (Å²) in [4.78, 5) is 23.0. The third kappa shape index (κ3) is 5.64. The Morgan fingerprint density at radius 1 is 0.917 bits per heavy atom. The van der Waals surface area contributed by atoms with Crippen LogP contribution in [0, 0.1) is 0 Å². The van der Waals surface area contributed by atoms with E-state index < -0.39 is 0 Å². The van der Waals surface area contributed by atoms with Crippen LogP contribution in [0.2, 0.25) is 0 Å². The fraction of sp³-hybridized carbons (Fsp3) is 0.222. The van der Waals surface area contributed by atoms with Crippen LogP contribution in [0.5, 0.6) is 11.5 Å². The van der Waals surface area contributed by atoms with E-state index in [1.165, 1.54) is 6.92 Å². The van der Waals surface area contributed by atoms with E-state index in [-0.39, 0.29) is 18.4 Å². The molecular formula is C18H20N2O4. The molecule has 0 heterocycles. The number of hydrogen-bond donors (Lipinski definition) is 2. The number of nitrogens with one attached hydrogen (secondary N) is 2. The summed E-state index contributed by atoms with van der Waals surface area (Å²) in [6.07, 6.45) is 0. The van der Waals surface area contributed by atoms with Gasteiger partial charge in [0, 0.05) is 18.3 Å². The quantitative estimate of drug-likeness (QED) is 0.819. The second-order valence-corrected chi connectivity index (χ2v) is 5.00. The summed E-state index contributed by atoms with van der Waals surface area (Å²) in [6, 6.07) is 14.0. The number of anilines is 2. The van der Waals surface area contributed by atoms with E-state index in [9.17, 15) is 9.59 Å². The highest BCUT2D eigenvalue weighted by atomic mass is 16.5. The molecule has 6 heteroatoms. The number of carbonyl (C=O) groups is 2. The van der Waals surface area contributed by atoms with E-state index in [1.807, 2.05) is 6.92 Å². The molecule has 0 radical (unpaired) electrons. The van der Waals surface area contributed by atoms with Crippen LogP contribution in [0.3, 0.4) is 0 Å². The summed E-state index contributed by atoms with van der Waals surface area (Å²) in [5.74, 6) is 0.880. The number of amides is 2. The van der Waals surface area contributed by atoms with Crippen molar-refractivity contribution in [3.05, 3.63) is 48.5 Å². The summed E-state index contributed by atoms with van der Waals surface area (Å²) in [7, 11) is 0. The molecule has 0 saturated carbocycles. The van der Waals surface area contributed by atoms with E-state index in [4.69, 9.17) is 9.47 Å². The molecule has 0 aromatic heterocycles. The van der Waals surface area contributed by atoms with Crippen LogP contribution >= 0.6 is 0 Å². The van der Waals surface area contributed by atoms with Crippen LogP contribution in [0.1, 0.15) is 13.8 Å². The molecule has 0 atom stereocenters. The highest BCUT2D eigenvalue weighted by Gasteiger charge is 2.05. The van der Waals surface area contributed by atoms with Gasteiger partial charge in [0.05, 0.1) is 6.61 Å². The molecule has 6 nitrogen and oxygen atoms in total. The van der Waals surface area contributed by atoms with Gasteiger partial charge in [-0.2, -0.15) is 0 Å². The smallest absolute Gasteiger partial charge is 0.262 e. The number of hydrogen-bond acceptors (Lipinski definition) is 4. The Kier molecular flexibility index (Phi) is 6.19. The fourth-order valence-electron chi connectivity index (χ4n) is 2.02. The van der Waals surface area contributed by atoms with Crippen LogP contribution in [0.25, 0.3) is 0 Å². The van der Waals surface area contributed by atoms with Crippen molar-refractivity contribution in [2.75, 3.05) is 23.8 Å². The van der Waals surface area contributed by atoms with Gasteiger partial charge in [-0.05, 0) is 49.4 Å². The van der Waals surface area contributed by atoms with Crippen molar-refractivity contribution in [1.82, 2.24) is 0 Å². The largest absolute Gasteiger partial charge is 0.494 e. The average molecular weight is 328 g/mol. The van der Waals surface area contributed by atoms with Crippen molar-refractivity contribution in [3.8, 4) is 11.5 Å². The lowest BCUT2D eigenvalue weighted by molar-refractivity contribution is -0.118. The molecular weight excluding hydrogens is 308 g/mol. The minimum atomic E-state index is -0.288. The highest BCUT2D eigenvalue weighted by Crippen LogP contribution is 2.18. The Morgan fingerprint density at radius 3 is 2.08 bits per heavy atom. The van der Waals surface area contributed by atoms with Gasteiger partial charge in [-0.15, -0.1) is 0 Å². The first kappa shape index (κ1) is 17.3. The maximum atomic E-state index is 11.9. The van der Waals surface area contributed by atoms with E-state index in [0.29, 0.717) is 23.7 Å². The molecule has 0 unspecified atom stereocenters. The molecule has 0 spiro atoms. The van der Waals surface area contributed by atoms with Crippen molar-refractivity contribution >= 4 is 23.2 Å². The molecule has 0 bridgehead atoms. The van der Waals surface area contributed by atoms with E-state index in [2.05, 4.69) is 10.6 Å². The highest BCUT2D eigenvalue weighted by molar-refractivity contribution is 5.94. The standard InChI is InChI=1S/C18H20N2O4/c1-3-23-16-7-9-17(10-8-16)24-12-18(22)20-15-6-4-5-14(11-15)19-13(2)21/h4-11H,3,12H2,1-2H3,(H,19,21)(H,20,22). The van der Waals surface area contributed by atoms with Crippen LogP contribution in [-0.4, -0.2) is 25.0 Å². The lowest BCUT2D eigenvalue weighted by Crippen LogP contribution is -2.20. The minimum absolute atomic E-state index is 0.113. The number of ether oxygens (including phenoxy) is 2. The minimum Gasteiger partial charge on any atom is -0.494 e. The SMILES string of the molecule is CCOc1ccc(OCC(=O)Nc2cccc(NC(C)=O)c2)cc1. The zero-order chi connectivity index (χ0) is 17.4. The lowest BCUT2D eigenvalue weighted by Gasteiger charge is -2.09. The lowest BCUT2D eigenvalue weighted by atomic mass is 10.2. The molecule has 2 amide bonds. The summed E-state index contributed by atoms with van der Waals surface area (Å²) in [5.41, 5.74) is 1.20. The van der Waals surface area contributed by atoms with Crippen LogP contribution < -0.4 is 20.1 Å². The molecule has 126 valence electrons. The Bertz CT molecular complexity index is 698.